The molecule has 0 N–H and O–H groups in total. The first kappa shape index (κ1) is 13.3. The monoisotopic (exact) mass is 295 g/mol. The molecule has 0 radical (unpaired) electrons. The van der Waals surface area contributed by atoms with Gasteiger partial charge in [0.25, 0.3) is 10.0 Å². The molecule has 1 saturated heterocycles. The van der Waals surface area contributed by atoms with Crippen LogP contribution in [0.4, 0.5) is 0 Å². The van der Waals surface area contributed by atoms with Gasteiger partial charge >= 0.3 is 0 Å². The third-order valence-corrected chi connectivity index (χ3v) is 5.27. The molecule has 2 aromatic heterocycles. The molecule has 8 heteroatoms. The number of hydrogen-bond acceptors (Lipinski definition) is 4. The van der Waals surface area contributed by atoms with Gasteiger partial charge in [0.1, 0.15) is 0 Å². The molecule has 1 aliphatic rings. The van der Waals surface area contributed by atoms with Crippen LogP contribution >= 0.6 is 0 Å². The summed E-state index contributed by atoms with van der Waals surface area (Å²) in [5.41, 5.74) is 1.08. The van der Waals surface area contributed by atoms with Crippen LogP contribution in [-0.2, 0) is 17.1 Å². The lowest BCUT2D eigenvalue weighted by Gasteiger charge is -2.15. The molecule has 0 amide bonds. The van der Waals surface area contributed by atoms with Gasteiger partial charge in [-0.15, -0.1) is 0 Å². The van der Waals surface area contributed by atoms with Gasteiger partial charge in [0.15, 0.2) is 5.03 Å². The van der Waals surface area contributed by atoms with Crippen molar-refractivity contribution in [3.05, 3.63) is 30.5 Å². The van der Waals surface area contributed by atoms with Crippen LogP contribution in [-0.4, -0.2) is 45.1 Å². The van der Waals surface area contributed by atoms with E-state index in [2.05, 4.69) is 10.1 Å². The molecular weight excluding hydrogens is 278 g/mol. The SMILES string of the molecule is Cc1cnn(C2CCN(S(=O)(=O)c3cn(C)cn3)C2)c1. The highest BCUT2D eigenvalue weighted by Crippen LogP contribution is 2.26. The Morgan fingerprint density at radius 3 is 2.75 bits per heavy atom. The van der Waals surface area contributed by atoms with E-state index in [-0.39, 0.29) is 11.1 Å². The highest BCUT2D eigenvalue weighted by molar-refractivity contribution is 7.89. The van der Waals surface area contributed by atoms with Crippen molar-refractivity contribution in [3.63, 3.8) is 0 Å². The average Bonchev–Trinajstić information content (AvgIpc) is 3.07. The molecule has 0 saturated carbocycles. The Labute approximate surface area is 117 Å². The molecule has 3 heterocycles. The first-order chi connectivity index (χ1) is 9.46. The number of aryl methyl sites for hydroxylation is 2. The summed E-state index contributed by atoms with van der Waals surface area (Å²) < 4.78 is 29.9. The first-order valence-electron chi connectivity index (χ1n) is 6.46. The van der Waals surface area contributed by atoms with Crippen LogP contribution in [0.3, 0.4) is 0 Å². The van der Waals surface area contributed by atoms with Gasteiger partial charge in [-0.2, -0.15) is 9.40 Å². The highest BCUT2D eigenvalue weighted by Gasteiger charge is 2.34. The van der Waals surface area contributed by atoms with Crippen LogP contribution in [0.25, 0.3) is 0 Å². The number of aromatic nitrogens is 4. The zero-order chi connectivity index (χ0) is 14.3. The zero-order valence-electron chi connectivity index (χ0n) is 11.5. The Bertz CT molecular complexity index is 718. The van der Waals surface area contributed by atoms with Crippen LogP contribution in [0.2, 0.25) is 0 Å². The van der Waals surface area contributed by atoms with Crippen molar-refractivity contribution in [1.82, 2.24) is 23.6 Å². The maximum atomic E-state index is 12.5. The van der Waals surface area contributed by atoms with Crippen molar-refractivity contribution < 1.29 is 8.42 Å². The number of imidazole rings is 1. The summed E-state index contributed by atoms with van der Waals surface area (Å²) in [7, 11) is -1.74. The van der Waals surface area contributed by atoms with E-state index in [0.717, 1.165) is 12.0 Å². The molecule has 0 bridgehead atoms. The van der Waals surface area contributed by atoms with E-state index in [9.17, 15) is 8.42 Å². The lowest BCUT2D eigenvalue weighted by molar-refractivity contribution is 0.433. The van der Waals surface area contributed by atoms with Gasteiger partial charge in [-0.3, -0.25) is 4.68 Å². The highest BCUT2D eigenvalue weighted by atomic mass is 32.2. The van der Waals surface area contributed by atoms with Crippen LogP contribution in [0, 0.1) is 6.92 Å². The summed E-state index contributed by atoms with van der Waals surface area (Å²) in [6.07, 6.45) is 7.53. The minimum Gasteiger partial charge on any atom is -0.339 e. The summed E-state index contributed by atoms with van der Waals surface area (Å²) in [5, 5.41) is 4.38. The summed E-state index contributed by atoms with van der Waals surface area (Å²) in [6.45, 7) is 2.92. The largest absolute Gasteiger partial charge is 0.339 e. The lowest BCUT2D eigenvalue weighted by Crippen LogP contribution is -2.29. The Morgan fingerprint density at radius 1 is 1.35 bits per heavy atom. The molecule has 3 rings (SSSR count). The molecule has 20 heavy (non-hydrogen) atoms. The molecule has 0 spiro atoms. The Balaban J connectivity index is 1.80. The Kier molecular flexibility index (Phi) is 3.14. The molecule has 2 aromatic rings. The molecule has 0 aliphatic carbocycles. The third kappa shape index (κ3) is 2.25. The van der Waals surface area contributed by atoms with E-state index >= 15 is 0 Å². The summed E-state index contributed by atoms with van der Waals surface area (Å²) >= 11 is 0. The normalized spacial score (nSPS) is 20.6. The van der Waals surface area contributed by atoms with E-state index in [1.54, 1.807) is 17.8 Å². The van der Waals surface area contributed by atoms with Crippen molar-refractivity contribution >= 4 is 10.0 Å². The van der Waals surface area contributed by atoms with E-state index < -0.39 is 10.0 Å². The second kappa shape index (κ2) is 4.71. The fourth-order valence-corrected chi connectivity index (χ4v) is 3.89. The molecular formula is C12H17N5O2S. The molecule has 1 fully saturated rings. The fourth-order valence-electron chi connectivity index (χ4n) is 2.43. The van der Waals surface area contributed by atoms with Crippen molar-refractivity contribution in [2.45, 2.75) is 24.4 Å². The van der Waals surface area contributed by atoms with E-state index in [4.69, 9.17) is 0 Å². The van der Waals surface area contributed by atoms with Gasteiger partial charge < -0.3 is 4.57 Å². The zero-order valence-corrected chi connectivity index (χ0v) is 12.3. The smallest absolute Gasteiger partial charge is 0.262 e. The van der Waals surface area contributed by atoms with E-state index in [0.29, 0.717) is 13.1 Å². The minimum absolute atomic E-state index is 0.0992. The summed E-state index contributed by atoms with van der Waals surface area (Å²) in [5.74, 6) is 0. The van der Waals surface area contributed by atoms with Gasteiger partial charge in [0.2, 0.25) is 0 Å². The number of rotatable bonds is 3. The standard InChI is InChI=1S/C12H17N5O2S/c1-10-5-14-17(6-10)11-3-4-16(7-11)20(18,19)12-8-15(2)9-13-12/h5-6,8-9,11H,3-4,7H2,1-2H3. The topological polar surface area (TPSA) is 73.0 Å². The van der Waals surface area contributed by atoms with Gasteiger partial charge in [-0.1, -0.05) is 0 Å². The van der Waals surface area contributed by atoms with Gasteiger partial charge in [0, 0.05) is 32.5 Å². The fraction of sp³-hybridized carbons (Fsp3) is 0.500. The second-order valence-electron chi connectivity index (χ2n) is 5.18. The third-order valence-electron chi connectivity index (χ3n) is 3.52. The molecule has 1 aliphatic heterocycles. The van der Waals surface area contributed by atoms with Gasteiger partial charge in [0.05, 0.1) is 18.6 Å². The van der Waals surface area contributed by atoms with E-state index in [1.165, 1.54) is 16.8 Å². The maximum Gasteiger partial charge on any atom is 0.262 e. The number of sulfonamides is 1. The molecule has 1 unspecified atom stereocenters. The van der Waals surface area contributed by atoms with Crippen LogP contribution < -0.4 is 0 Å². The summed E-state index contributed by atoms with van der Waals surface area (Å²) in [6, 6.07) is 0.0992. The van der Waals surface area contributed by atoms with Crippen LogP contribution in [0.1, 0.15) is 18.0 Å². The van der Waals surface area contributed by atoms with Crippen LogP contribution in [0.5, 0.6) is 0 Å². The minimum atomic E-state index is -3.49. The number of hydrogen-bond donors (Lipinski definition) is 0. The van der Waals surface area contributed by atoms with Gasteiger partial charge in [-0.25, -0.2) is 13.4 Å². The van der Waals surface area contributed by atoms with Gasteiger partial charge in [-0.05, 0) is 18.9 Å². The first-order valence-corrected chi connectivity index (χ1v) is 7.90. The van der Waals surface area contributed by atoms with Crippen molar-refractivity contribution in [1.29, 1.82) is 0 Å². The summed E-state index contributed by atoms with van der Waals surface area (Å²) in [4.78, 5) is 3.94. The molecule has 1 atom stereocenters. The predicted molar refractivity (Wildman–Crippen MR) is 72.6 cm³/mol. The molecule has 7 nitrogen and oxygen atoms in total. The molecule has 0 aromatic carbocycles. The molecule has 108 valence electrons. The Hall–Kier alpha value is -1.67. The second-order valence-corrected chi connectivity index (χ2v) is 7.07. The lowest BCUT2D eigenvalue weighted by atomic mass is 10.3. The van der Waals surface area contributed by atoms with Crippen molar-refractivity contribution in [2.75, 3.05) is 13.1 Å². The maximum absolute atomic E-state index is 12.5. The predicted octanol–water partition coefficient (Wildman–Crippen LogP) is 0.561. The van der Waals surface area contributed by atoms with Crippen molar-refractivity contribution in [2.24, 2.45) is 7.05 Å². The van der Waals surface area contributed by atoms with Crippen LogP contribution in [0.15, 0.2) is 29.9 Å². The Morgan fingerprint density at radius 2 is 2.15 bits per heavy atom. The van der Waals surface area contributed by atoms with E-state index in [1.807, 2.05) is 17.8 Å². The number of nitrogens with zero attached hydrogens (tertiary/aromatic N) is 5. The quantitative estimate of drug-likeness (QED) is 0.829. The van der Waals surface area contributed by atoms with Crippen molar-refractivity contribution in [3.8, 4) is 0 Å². The average molecular weight is 295 g/mol.